The molecule has 0 saturated carbocycles. The lowest BCUT2D eigenvalue weighted by atomic mass is 10.1. The molecule has 8 nitrogen and oxygen atoms in total. The molecule has 0 unspecified atom stereocenters. The Morgan fingerprint density at radius 2 is 1.61 bits per heavy atom. The van der Waals surface area contributed by atoms with Crippen LogP contribution in [0, 0.1) is 6.92 Å². The third-order valence-electron chi connectivity index (χ3n) is 6.36. The van der Waals surface area contributed by atoms with E-state index < -0.39 is 11.8 Å². The van der Waals surface area contributed by atoms with Crippen LogP contribution in [0.5, 0.6) is 11.5 Å². The molecule has 0 fully saturated rings. The minimum Gasteiger partial charge on any atom is -0.495 e. The standard InChI is InChI=1S/C32H26ClN3O5/c1-20-11-16-27(40-2)26(17-20)36-31(38)28(33)29(32(36)39)34-24-10-6-9-22(18-24)30(37)35-23-12-14-25(15-13-23)41-19-21-7-4-3-5-8-21/h3-18,34H,19H2,1-2H3,(H,35,37). The summed E-state index contributed by atoms with van der Waals surface area (Å²) in [6.07, 6.45) is 0. The Bertz CT molecular complexity index is 1650. The molecule has 4 aromatic carbocycles. The zero-order valence-electron chi connectivity index (χ0n) is 22.3. The minimum absolute atomic E-state index is 0.0936. The molecule has 9 heteroatoms. The fourth-order valence-electron chi connectivity index (χ4n) is 4.27. The van der Waals surface area contributed by atoms with Crippen LogP contribution in [0.1, 0.15) is 21.5 Å². The SMILES string of the molecule is COc1ccc(C)cc1N1C(=O)C(Cl)=C(Nc2cccc(C(=O)Nc3ccc(OCc4ccccc4)cc3)c2)C1=O. The van der Waals surface area contributed by atoms with Gasteiger partial charge in [0.2, 0.25) is 0 Å². The Morgan fingerprint density at radius 1 is 0.854 bits per heavy atom. The maximum Gasteiger partial charge on any atom is 0.283 e. The van der Waals surface area contributed by atoms with Crippen molar-refractivity contribution in [2.75, 3.05) is 22.6 Å². The molecule has 206 valence electrons. The highest BCUT2D eigenvalue weighted by Crippen LogP contribution is 2.36. The van der Waals surface area contributed by atoms with Crippen LogP contribution in [0.3, 0.4) is 0 Å². The number of hydrogen-bond donors (Lipinski definition) is 2. The minimum atomic E-state index is -0.673. The first-order valence-corrected chi connectivity index (χ1v) is 13.1. The summed E-state index contributed by atoms with van der Waals surface area (Å²) < 4.78 is 11.1. The lowest BCUT2D eigenvalue weighted by Gasteiger charge is -2.18. The summed E-state index contributed by atoms with van der Waals surface area (Å²) in [6, 6.07) is 28.6. The van der Waals surface area contributed by atoms with Crippen molar-refractivity contribution in [2.45, 2.75) is 13.5 Å². The van der Waals surface area contributed by atoms with Crippen LogP contribution >= 0.6 is 11.6 Å². The molecule has 41 heavy (non-hydrogen) atoms. The first kappa shape index (κ1) is 27.5. The molecule has 0 aliphatic carbocycles. The zero-order valence-corrected chi connectivity index (χ0v) is 23.1. The summed E-state index contributed by atoms with van der Waals surface area (Å²) in [6.45, 7) is 2.28. The quantitative estimate of drug-likeness (QED) is 0.231. The number of ether oxygens (including phenoxy) is 2. The van der Waals surface area contributed by atoms with Gasteiger partial charge in [-0.1, -0.05) is 54.1 Å². The van der Waals surface area contributed by atoms with Gasteiger partial charge >= 0.3 is 0 Å². The van der Waals surface area contributed by atoms with Crippen LogP contribution in [-0.4, -0.2) is 24.8 Å². The fraction of sp³-hybridized carbons (Fsp3) is 0.0938. The van der Waals surface area contributed by atoms with Gasteiger partial charge in [0.25, 0.3) is 17.7 Å². The molecule has 0 spiro atoms. The summed E-state index contributed by atoms with van der Waals surface area (Å²) in [5.74, 6) is -0.623. The number of aryl methyl sites for hydroxylation is 1. The van der Waals surface area contributed by atoms with Crippen molar-refractivity contribution in [3.05, 3.63) is 124 Å². The molecule has 5 rings (SSSR count). The Labute approximate surface area is 242 Å². The van der Waals surface area contributed by atoms with E-state index in [9.17, 15) is 14.4 Å². The van der Waals surface area contributed by atoms with Crippen LogP contribution in [0.25, 0.3) is 0 Å². The second kappa shape index (κ2) is 12.0. The van der Waals surface area contributed by atoms with Crippen molar-refractivity contribution in [3.63, 3.8) is 0 Å². The van der Waals surface area contributed by atoms with E-state index in [2.05, 4.69) is 10.6 Å². The van der Waals surface area contributed by atoms with Crippen molar-refractivity contribution in [1.29, 1.82) is 0 Å². The van der Waals surface area contributed by atoms with Crippen LogP contribution in [0.2, 0.25) is 0 Å². The highest BCUT2D eigenvalue weighted by Gasteiger charge is 2.40. The molecule has 4 aromatic rings. The van der Waals surface area contributed by atoms with Crippen molar-refractivity contribution in [2.24, 2.45) is 0 Å². The van der Waals surface area contributed by atoms with Crippen LogP contribution in [0.4, 0.5) is 17.1 Å². The number of methoxy groups -OCH3 is 1. The van der Waals surface area contributed by atoms with Gasteiger partial charge < -0.3 is 20.1 Å². The first-order valence-electron chi connectivity index (χ1n) is 12.7. The predicted molar refractivity (Wildman–Crippen MR) is 158 cm³/mol. The van der Waals surface area contributed by atoms with E-state index in [1.54, 1.807) is 60.7 Å². The summed E-state index contributed by atoms with van der Waals surface area (Å²) in [5, 5.41) is 5.50. The number of carbonyl (C=O) groups is 3. The zero-order chi connectivity index (χ0) is 28.9. The number of nitrogens with zero attached hydrogens (tertiary/aromatic N) is 1. The highest BCUT2D eigenvalue weighted by atomic mass is 35.5. The lowest BCUT2D eigenvalue weighted by molar-refractivity contribution is -0.120. The van der Waals surface area contributed by atoms with Gasteiger partial charge in [0.1, 0.15) is 28.8 Å². The molecule has 1 aliphatic rings. The Morgan fingerprint density at radius 3 is 2.34 bits per heavy atom. The number of carbonyl (C=O) groups excluding carboxylic acids is 3. The average Bonchev–Trinajstić information content (AvgIpc) is 3.20. The number of halogens is 1. The summed E-state index contributed by atoms with van der Waals surface area (Å²) in [5.41, 5.74) is 3.44. The van der Waals surface area contributed by atoms with Crippen molar-refractivity contribution >= 4 is 46.4 Å². The lowest BCUT2D eigenvalue weighted by Crippen LogP contribution is -2.32. The predicted octanol–water partition coefficient (Wildman–Crippen LogP) is 6.27. The maximum absolute atomic E-state index is 13.3. The molecular formula is C32H26ClN3O5. The normalized spacial score (nSPS) is 12.9. The van der Waals surface area contributed by atoms with E-state index in [0.29, 0.717) is 40.7 Å². The summed E-state index contributed by atoms with van der Waals surface area (Å²) >= 11 is 6.31. The van der Waals surface area contributed by atoms with Gasteiger partial charge in [-0.2, -0.15) is 0 Å². The van der Waals surface area contributed by atoms with E-state index in [4.69, 9.17) is 21.1 Å². The number of nitrogens with one attached hydrogen (secondary N) is 2. The third-order valence-corrected chi connectivity index (χ3v) is 6.71. The summed E-state index contributed by atoms with van der Waals surface area (Å²) in [7, 11) is 1.46. The van der Waals surface area contributed by atoms with Gasteiger partial charge in [-0.15, -0.1) is 0 Å². The van der Waals surface area contributed by atoms with Gasteiger partial charge in [0.15, 0.2) is 0 Å². The van der Waals surface area contributed by atoms with E-state index >= 15 is 0 Å². The summed E-state index contributed by atoms with van der Waals surface area (Å²) in [4.78, 5) is 40.2. The fourth-order valence-corrected chi connectivity index (χ4v) is 4.48. The molecule has 1 aliphatic heterocycles. The van der Waals surface area contributed by atoms with Crippen LogP contribution < -0.4 is 25.0 Å². The molecule has 0 bridgehead atoms. The Hall–Kier alpha value is -5.08. The average molecular weight is 568 g/mol. The highest BCUT2D eigenvalue weighted by molar-refractivity contribution is 6.53. The van der Waals surface area contributed by atoms with E-state index in [-0.39, 0.29) is 16.6 Å². The van der Waals surface area contributed by atoms with Gasteiger partial charge in [0, 0.05) is 16.9 Å². The second-order valence-corrected chi connectivity index (χ2v) is 9.65. The first-order chi connectivity index (χ1) is 19.8. The molecule has 0 radical (unpaired) electrons. The van der Waals surface area contributed by atoms with Gasteiger partial charge in [-0.3, -0.25) is 14.4 Å². The number of benzene rings is 4. The Kier molecular flexibility index (Phi) is 8.03. The third kappa shape index (κ3) is 6.08. The van der Waals surface area contributed by atoms with Crippen molar-refractivity contribution in [3.8, 4) is 11.5 Å². The van der Waals surface area contributed by atoms with Gasteiger partial charge in [-0.25, -0.2) is 4.90 Å². The smallest absolute Gasteiger partial charge is 0.283 e. The van der Waals surface area contributed by atoms with Crippen molar-refractivity contribution in [1.82, 2.24) is 0 Å². The molecule has 3 amide bonds. The maximum atomic E-state index is 13.3. The van der Waals surface area contributed by atoms with E-state index in [0.717, 1.165) is 16.0 Å². The number of anilines is 3. The number of amides is 3. The second-order valence-electron chi connectivity index (χ2n) is 9.27. The van der Waals surface area contributed by atoms with Crippen LogP contribution in [-0.2, 0) is 16.2 Å². The van der Waals surface area contributed by atoms with E-state index in [1.165, 1.54) is 7.11 Å². The molecule has 1 heterocycles. The van der Waals surface area contributed by atoms with Gasteiger partial charge in [-0.05, 0) is 72.6 Å². The molecule has 2 N–H and O–H groups in total. The monoisotopic (exact) mass is 567 g/mol. The molecular weight excluding hydrogens is 542 g/mol. The largest absolute Gasteiger partial charge is 0.495 e. The molecule has 0 aromatic heterocycles. The Balaban J connectivity index is 1.26. The van der Waals surface area contributed by atoms with Crippen molar-refractivity contribution < 1.29 is 23.9 Å². The number of hydrogen-bond acceptors (Lipinski definition) is 6. The molecule has 0 saturated heterocycles. The topological polar surface area (TPSA) is 97.0 Å². The molecule has 0 atom stereocenters. The van der Waals surface area contributed by atoms with E-state index in [1.807, 2.05) is 43.3 Å². The van der Waals surface area contributed by atoms with Crippen LogP contribution in [0.15, 0.2) is 108 Å². The number of rotatable bonds is 9. The number of imide groups is 1. The van der Waals surface area contributed by atoms with Gasteiger partial charge in [0.05, 0.1) is 12.8 Å².